The Bertz CT molecular complexity index is 677. The number of aromatic carboxylic acids is 1. The van der Waals surface area contributed by atoms with Gasteiger partial charge in [-0.15, -0.1) is 0 Å². The quantitative estimate of drug-likeness (QED) is 0.789. The van der Waals surface area contributed by atoms with Crippen molar-refractivity contribution in [3.63, 3.8) is 0 Å². The highest BCUT2D eigenvalue weighted by molar-refractivity contribution is 5.88. The third-order valence-corrected chi connectivity index (χ3v) is 3.03. The van der Waals surface area contributed by atoms with Crippen molar-refractivity contribution in [2.24, 2.45) is 0 Å². The number of nitrogens with zero attached hydrogens (tertiary/aromatic N) is 1. The molecule has 1 aromatic heterocycles. The Morgan fingerprint density at radius 1 is 1.33 bits per heavy atom. The summed E-state index contributed by atoms with van der Waals surface area (Å²) in [6.07, 6.45) is 3.10. The monoisotopic (exact) mass is 288 g/mol. The molecule has 0 amide bonds. The number of benzene rings is 1. The van der Waals surface area contributed by atoms with Gasteiger partial charge in [-0.05, 0) is 25.0 Å². The average molecular weight is 288 g/mol. The Balaban J connectivity index is 2.27. The Hall–Kier alpha value is -2.47. The number of aromatic amines is 1. The predicted molar refractivity (Wildman–Crippen MR) is 77.5 cm³/mol. The molecule has 1 aromatic carbocycles. The van der Waals surface area contributed by atoms with Crippen LogP contribution in [-0.4, -0.2) is 34.8 Å². The molecule has 0 atom stereocenters. The summed E-state index contributed by atoms with van der Waals surface area (Å²) < 4.78 is 4.98. The molecule has 6 nitrogen and oxygen atoms in total. The maximum absolute atomic E-state index is 11.9. The first kappa shape index (κ1) is 14.9. The van der Waals surface area contributed by atoms with E-state index >= 15 is 0 Å². The van der Waals surface area contributed by atoms with Gasteiger partial charge in [0, 0.05) is 25.5 Å². The van der Waals surface area contributed by atoms with E-state index in [2.05, 4.69) is 9.97 Å². The first-order valence-electron chi connectivity index (χ1n) is 6.53. The van der Waals surface area contributed by atoms with Crippen LogP contribution in [0.3, 0.4) is 0 Å². The third-order valence-electron chi connectivity index (χ3n) is 3.03. The maximum atomic E-state index is 11.9. The summed E-state index contributed by atoms with van der Waals surface area (Å²) in [5.41, 5.74) is 1.53. The van der Waals surface area contributed by atoms with E-state index in [0.29, 0.717) is 24.3 Å². The molecule has 110 valence electrons. The molecule has 0 bridgehead atoms. The minimum Gasteiger partial charge on any atom is -0.478 e. The number of carbonyl (C=O) groups is 1. The van der Waals surface area contributed by atoms with Crippen LogP contribution in [0.2, 0.25) is 0 Å². The number of methoxy groups -OCH3 is 1. The van der Waals surface area contributed by atoms with Crippen LogP contribution in [0.1, 0.15) is 22.5 Å². The van der Waals surface area contributed by atoms with Gasteiger partial charge in [0.15, 0.2) is 0 Å². The van der Waals surface area contributed by atoms with Crippen molar-refractivity contribution >= 4 is 5.97 Å². The Labute approximate surface area is 121 Å². The fourth-order valence-electron chi connectivity index (χ4n) is 1.94. The molecule has 0 saturated carbocycles. The minimum absolute atomic E-state index is 0.173. The van der Waals surface area contributed by atoms with Crippen molar-refractivity contribution in [1.82, 2.24) is 9.97 Å². The summed E-state index contributed by atoms with van der Waals surface area (Å²) in [5.74, 6) is -1.00. The van der Waals surface area contributed by atoms with Gasteiger partial charge in [0.05, 0.1) is 11.3 Å². The van der Waals surface area contributed by atoms with Crippen LogP contribution in [0, 0.1) is 0 Å². The summed E-state index contributed by atoms with van der Waals surface area (Å²) in [7, 11) is 1.63. The van der Waals surface area contributed by atoms with E-state index in [-0.39, 0.29) is 11.1 Å². The van der Waals surface area contributed by atoms with Gasteiger partial charge in [-0.1, -0.05) is 12.1 Å². The van der Waals surface area contributed by atoms with Gasteiger partial charge in [-0.3, -0.25) is 4.79 Å². The van der Waals surface area contributed by atoms with E-state index in [1.807, 2.05) is 0 Å². The largest absolute Gasteiger partial charge is 0.478 e. The normalized spacial score (nSPS) is 10.5. The summed E-state index contributed by atoms with van der Waals surface area (Å²) >= 11 is 0. The van der Waals surface area contributed by atoms with E-state index < -0.39 is 5.97 Å². The summed E-state index contributed by atoms with van der Waals surface area (Å²) in [6, 6.07) is 6.08. The molecular weight excluding hydrogens is 272 g/mol. The van der Waals surface area contributed by atoms with Crippen molar-refractivity contribution in [3.8, 4) is 11.3 Å². The number of H-pyrrole nitrogens is 1. The molecule has 0 aliphatic rings. The lowest BCUT2D eigenvalue weighted by Crippen LogP contribution is -2.13. The Kier molecular flexibility index (Phi) is 4.84. The topological polar surface area (TPSA) is 92.3 Å². The van der Waals surface area contributed by atoms with Gasteiger partial charge in [-0.25, -0.2) is 9.78 Å². The number of carboxylic acid groups (broad SMARTS) is 1. The van der Waals surface area contributed by atoms with Crippen molar-refractivity contribution in [3.05, 3.63) is 52.1 Å². The lowest BCUT2D eigenvalue weighted by molar-refractivity contribution is 0.0697. The van der Waals surface area contributed by atoms with Crippen molar-refractivity contribution in [2.75, 3.05) is 13.7 Å². The van der Waals surface area contributed by atoms with Gasteiger partial charge < -0.3 is 14.8 Å². The average Bonchev–Trinajstić information content (AvgIpc) is 2.49. The minimum atomic E-state index is -1.00. The predicted octanol–water partition coefficient (Wildman–Crippen LogP) is 1.71. The third kappa shape index (κ3) is 3.76. The first-order chi connectivity index (χ1) is 10.1. The second-order valence-electron chi connectivity index (χ2n) is 4.55. The van der Waals surface area contributed by atoms with Crippen molar-refractivity contribution in [1.29, 1.82) is 0 Å². The first-order valence-corrected chi connectivity index (χ1v) is 6.53. The number of hydrogen-bond donors (Lipinski definition) is 2. The number of ether oxygens (including phenoxy) is 1. The fourth-order valence-corrected chi connectivity index (χ4v) is 1.94. The maximum Gasteiger partial charge on any atom is 0.335 e. The molecule has 1 heterocycles. The van der Waals surface area contributed by atoms with Crippen LogP contribution >= 0.6 is 0 Å². The van der Waals surface area contributed by atoms with E-state index in [1.165, 1.54) is 12.1 Å². The van der Waals surface area contributed by atoms with E-state index in [1.54, 1.807) is 25.4 Å². The second kappa shape index (κ2) is 6.81. The van der Waals surface area contributed by atoms with Crippen LogP contribution in [0.15, 0.2) is 35.3 Å². The van der Waals surface area contributed by atoms with Crippen LogP contribution in [0.5, 0.6) is 0 Å². The van der Waals surface area contributed by atoms with Crippen LogP contribution in [0.4, 0.5) is 0 Å². The molecule has 2 N–H and O–H groups in total. The molecule has 0 spiro atoms. The number of carboxylic acids is 1. The fraction of sp³-hybridized carbons (Fsp3) is 0.267. The number of rotatable bonds is 6. The molecule has 2 rings (SSSR count). The molecule has 0 aliphatic carbocycles. The van der Waals surface area contributed by atoms with E-state index in [0.717, 1.165) is 12.1 Å². The summed E-state index contributed by atoms with van der Waals surface area (Å²) in [4.78, 5) is 29.7. The highest BCUT2D eigenvalue weighted by atomic mass is 16.5. The smallest absolute Gasteiger partial charge is 0.335 e. The Morgan fingerprint density at radius 3 is 2.67 bits per heavy atom. The molecule has 0 unspecified atom stereocenters. The zero-order valence-electron chi connectivity index (χ0n) is 11.6. The van der Waals surface area contributed by atoms with Gasteiger partial charge in [0.2, 0.25) is 0 Å². The molecule has 21 heavy (non-hydrogen) atoms. The number of hydrogen-bond acceptors (Lipinski definition) is 4. The number of aromatic nitrogens is 2. The number of aryl methyl sites for hydroxylation is 1. The number of nitrogens with one attached hydrogen (secondary N) is 1. The summed E-state index contributed by atoms with van der Waals surface area (Å²) in [5, 5.41) is 8.87. The highest BCUT2D eigenvalue weighted by Crippen LogP contribution is 2.14. The molecule has 0 aliphatic heterocycles. The van der Waals surface area contributed by atoms with Crippen LogP contribution in [0.25, 0.3) is 11.3 Å². The SMILES string of the molecule is COCCCc1c[nH]c(=O)c(-c2ccc(C(=O)O)cc2)n1. The van der Waals surface area contributed by atoms with Crippen LogP contribution < -0.4 is 5.56 Å². The standard InChI is InChI=1S/C15H16N2O4/c1-21-8-2-3-12-9-16-14(18)13(17-12)10-4-6-11(7-5-10)15(19)20/h4-7,9H,2-3,8H2,1H3,(H,16,18)(H,19,20). The van der Waals surface area contributed by atoms with E-state index in [9.17, 15) is 9.59 Å². The lowest BCUT2D eigenvalue weighted by atomic mass is 10.1. The molecule has 6 heteroatoms. The zero-order valence-corrected chi connectivity index (χ0v) is 11.6. The Morgan fingerprint density at radius 2 is 2.05 bits per heavy atom. The molecule has 2 aromatic rings. The summed E-state index contributed by atoms with van der Waals surface area (Å²) in [6.45, 7) is 0.628. The van der Waals surface area contributed by atoms with Gasteiger partial charge in [-0.2, -0.15) is 0 Å². The molecule has 0 fully saturated rings. The van der Waals surface area contributed by atoms with Crippen molar-refractivity contribution in [2.45, 2.75) is 12.8 Å². The molecular formula is C15H16N2O4. The molecule has 0 saturated heterocycles. The molecule has 0 radical (unpaired) electrons. The second-order valence-corrected chi connectivity index (χ2v) is 4.55. The lowest BCUT2D eigenvalue weighted by Gasteiger charge is -2.04. The van der Waals surface area contributed by atoms with Crippen molar-refractivity contribution < 1.29 is 14.6 Å². The zero-order chi connectivity index (χ0) is 15.2. The van der Waals surface area contributed by atoms with Gasteiger partial charge >= 0.3 is 5.97 Å². The highest BCUT2D eigenvalue weighted by Gasteiger charge is 2.08. The van der Waals surface area contributed by atoms with Gasteiger partial charge in [0.1, 0.15) is 5.69 Å². The van der Waals surface area contributed by atoms with E-state index in [4.69, 9.17) is 9.84 Å². The van der Waals surface area contributed by atoms with Crippen LogP contribution in [-0.2, 0) is 11.2 Å². The van der Waals surface area contributed by atoms with Gasteiger partial charge in [0.25, 0.3) is 5.56 Å².